The van der Waals surface area contributed by atoms with Gasteiger partial charge < -0.3 is 9.64 Å². The predicted octanol–water partition coefficient (Wildman–Crippen LogP) is 3.16. The van der Waals surface area contributed by atoms with Crippen LogP contribution in [0.1, 0.15) is 38.2 Å². The van der Waals surface area contributed by atoms with Gasteiger partial charge in [-0.15, -0.1) is 0 Å². The van der Waals surface area contributed by atoms with Crippen LogP contribution in [0, 0.1) is 5.41 Å². The molecule has 2 unspecified atom stereocenters. The number of fused-ring (bicyclic) bond motifs is 1. The molecule has 1 aliphatic heterocycles. The lowest BCUT2D eigenvalue weighted by Gasteiger charge is -2.55. The number of carbonyl (C=O) groups excluding carboxylic acids is 2. The normalized spacial score (nSPS) is 27.8. The molecule has 2 atom stereocenters. The molecule has 0 bridgehead atoms. The first-order chi connectivity index (χ1) is 10.2. The Balaban J connectivity index is 1.64. The SMILES string of the molecule is CCC12CCCN(C(=O)OCc3ccccc3)C1CC2=O. The van der Waals surface area contributed by atoms with E-state index in [1.165, 1.54) is 0 Å². The Hall–Kier alpha value is -1.84. The molecule has 1 amide bonds. The van der Waals surface area contributed by atoms with E-state index in [1.807, 2.05) is 37.3 Å². The van der Waals surface area contributed by atoms with Crippen LogP contribution in [-0.2, 0) is 16.1 Å². The van der Waals surface area contributed by atoms with Gasteiger partial charge in [-0.05, 0) is 24.8 Å². The third-order valence-corrected chi connectivity index (χ3v) is 5.04. The van der Waals surface area contributed by atoms with Gasteiger partial charge in [0.15, 0.2) is 0 Å². The third-order valence-electron chi connectivity index (χ3n) is 5.04. The van der Waals surface area contributed by atoms with Crippen molar-refractivity contribution in [1.82, 2.24) is 4.90 Å². The van der Waals surface area contributed by atoms with E-state index in [9.17, 15) is 9.59 Å². The predicted molar refractivity (Wildman–Crippen MR) is 78.7 cm³/mol. The second kappa shape index (κ2) is 5.51. The summed E-state index contributed by atoms with van der Waals surface area (Å²) in [6.07, 6.45) is 2.83. The van der Waals surface area contributed by atoms with E-state index in [1.54, 1.807) is 4.90 Å². The first-order valence-electron chi connectivity index (χ1n) is 7.68. The van der Waals surface area contributed by atoms with E-state index in [2.05, 4.69) is 0 Å². The number of hydrogen-bond acceptors (Lipinski definition) is 3. The fraction of sp³-hybridized carbons (Fsp3) is 0.529. The van der Waals surface area contributed by atoms with Crippen molar-refractivity contribution < 1.29 is 14.3 Å². The van der Waals surface area contributed by atoms with Gasteiger partial charge in [0.1, 0.15) is 12.4 Å². The summed E-state index contributed by atoms with van der Waals surface area (Å²) in [6.45, 7) is 3.03. The number of carbonyl (C=O) groups is 2. The van der Waals surface area contributed by atoms with Crippen molar-refractivity contribution in [2.24, 2.45) is 5.41 Å². The minimum absolute atomic E-state index is 0.0482. The fourth-order valence-corrected chi connectivity index (χ4v) is 3.69. The van der Waals surface area contributed by atoms with Gasteiger partial charge in [-0.2, -0.15) is 0 Å². The second-order valence-electron chi connectivity index (χ2n) is 5.99. The van der Waals surface area contributed by atoms with E-state index in [-0.39, 0.29) is 24.2 Å². The third kappa shape index (κ3) is 2.33. The Labute approximate surface area is 125 Å². The Morgan fingerprint density at radius 1 is 1.38 bits per heavy atom. The average Bonchev–Trinajstić information content (AvgIpc) is 2.52. The van der Waals surface area contributed by atoms with Crippen LogP contribution in [0.4, 0.5) is 4.79 Å². The fourth-order valence-electron chi connectivity index (χ4n) is 3.69. The molecule has 2 aliphatic rings. The van der Waals surface area contributed by atoms with Crippen molar-refractivity contribution in [1.29, 1.82) is 0 Å². The Kier molecular flexibility index (Phi) is 3.70. The maximum absolute atomic E-state index is 12.3. The number of rotatable bonds is 3. The number of amides is 1. The van der Waals surface area contributed by atoms with Gasteiger partial charge in [0.25, 0.3) is 0 Å². The molecule has 0 spiro atoms. The lowest BCUT2D eigenvalue weighted by molar-refractivity contribution is -0.153. The lowest BCUT2D eigenvalue weighted by Crippen LogP contribution is -2.65. The molecule has 1 saturated heterocycles. The van der Waals surface area contributed by atoms with Crippen molar-refractivity contribution in [2.75, 3.05) is 6.54 Å². The number of benzene rings is 1. The molecule has 112 valence electrons. The van der Waals surface area contributed by atoms with Gasteiger partial charge in [0, 0.05) is 18.4 Å². The maximum atomic E-state index is 12.3. The van der Waals surface area contributed by atoms with E-state index < -0.39 is 0 Å². The van der Waals surface area contributed by atoms with Gasteiger partial charge >= 0.3 is 6.09 Å². The number of ketones is 1. The second-order valence-corrected chi connectivity index (χ2v) is 5.99. The van der Waals surface area contributed by atoms with Gasteiger partial charge in [-0.25, -0.2) is 4.79 Å². The first kappa shape index (κ1) is 14.1. The van der Waals surface area contributed by atoms with E-state index >= 15 is 0 Å². The summed E-state index contributed by atoms with van der Waals surface area (Å²) in [7, 11) is 0. The quantitative estimate of drug-likeness (QED) is 0.858. The van der Waals surface area contributed by atoms with Gasteiger partial charge in [-0.1, -0.05) is 37.3 Å². The zero-order chi connectivity index (χ0) is 14.9. The average molecular weight is 287 g/mol. The Morgan fingerprint density at radius 2 is 2.14 bits per heavy atom. The van der Waals surface area contributed by atoms with E-state index in [0.29, 0.717) is 18.7 Å². The van der Waals surface area contributed by atoms with Crippen LogP contribution in [0.15, 0.2) is 30.3 Å². The smallest absolute Gasteiger partial charge is 0.410 e. The summed E-state index contributed by atoms with van der Waals surface area (Å²) in [6, 6.07) is 9.71. The van der Waals surface area contributed by atoms with Crippen LogP contribution in [0.25, 0.3) is 0 Å². The topological polar surface area (TPSA) is 46.6 Å². The molecule has 1 aromatic rings. The highest BCUT2D eigenvalue weighted by atomic mass is 16.6. The molecular formula is C17H21NO3. The van der Waals surface area contributed by atoms with Gasteiger partial charge in [-0.3, -0.25) is 4.79 Å². The first-order valence-corrected chi connectivity index (χ1v) is 7.68. The van der Waals surface area contributed by atoms with Crippen molar-refractivity contribution in [3.05, 3.63) is 35.9 Å². The molecule has 1 heterocycles. The van der Waals surface area contributed by atoms with Gasteiger partial charge in [0.2, 0.25) is 0 Å². The minimum Gasteiger partial charge on any atom is -0.445 e. The van der Waals surface area contributed by atoms with Crippen molar-refractivity contribution in [2.45, 2.75) is 45.3 Å². The number of piperidine rings is 1. The summed E-state index contributed by atoms with van der Waals surface area (Å²) in [5.41, 5.74) is 0.693. The number of nitrogens with zero attached hydrogens (tertiary/aromatic N) is 1. The van der Waals surface area contributed by atoms with E-state index in [4.69, 9.17) is 4.74 Å². The molecule has 2 fully saturated rings. The number of hydrogen-bond donors (Lipinski definition) is 0. The molecular weight excluding hydrogens is 266 g/mol. The number of ether oxygens (including phenoxy) is 1. The van der Waals surface area contributed by atoms with Crippen LogP contribution >= 0.6 is 0 Å². The number of Topliss-reactive ketones (excluding diaryl/α,β-unsaturated/α-hetero) is 1. The molecule has 1 saturated carbocycles. The van der Waals surface area contributed by atoms with Crippen molar-refractivity contribution >= 4 is 11.9 Å². The van der Waals surface area contributed by atoms with Crippen LogP contribution in [0.3, 0.4) is 0 Å². The molecule has 1 aliphatic carbocycles. The van der Waals surface area contributed by atoms with Crippen LogP contribution in [0.5, 0.6) is 0 Å². The van der Waals surface area contributed by atoms with Crippen LogP contribution in [0.2, 0.25) is 0 Å². The van der Waals surface area contributed by atoms with Crippen LogP contribution in [-0.4, -0.2) is 29.4 Å². The molecule has 0 N–H and O–H groups in total. The number of likely N-dealkylation sites (tertiary alicyclic amines) is 1. The Bertz CT molecular complexity index is 542. The molecule has 4 nitrogen and oxygen atoms in total. The lowest BCUT2D eigenvalue weighted by atomic mass is 9.57. The highest BCUT2D eigenvalue weighted by Crippen LogP contribution is 2.50. The molecule has 0 radical (unpaired) electrons. The summed E-state index contributed by atoms with van der Waals surface area (Å²) < 4.78 is 5.42. The molecule has 3 rings (SSSR count). The van der Waals surface area contributed by atoms with Gasteiger partial charge in [0.05, 0.1) is 6.04 Å². The van der Waals surface area contributed by atoms with Crippen molar-refractivity contribution in [3.8, 4) is 0 Å². The molecule has 21 heavy (non-hydrogen) atoms. The summed E-state index contributed by atoms with van der Waals surface area (Å²) in [4.78, 5) is 26.1. The summed E-state index contributed by atoms with van der Waals surface area (Å²) in [5, 5.41) is 0. The summed E-state index contributed by atoms with van der Waals surface area (Å²) >= 11 is 0. The van der Waals surface area contributed by atoms with Crippen LogP contribution < -0.4 is 0 Å². The largest absolute Gasteiger partial charge is 0.445 e. The molecule has 4 heteroatoms. The summed E-state index contributed by atoms with van der Waals surface area (Å²) in [5.74, 6) is 0.315. The zero-order valence-corrected chi connectivity index (χ0v) is 12.4. The monoisotopic (exact) mass is 287 g/mol. The minimum atomic E-state index is -0.288. The molecule has 1 aromatic carbocycles. The zero-order valence-electron chi connectivity index (χ0n) is 12.4. The highest BCUT2D eigenvalue weighted by molar-refractivity contribution is 5.94. The maximum Gasteiger partial charge on any atom is 0.410 e. The van der Waals surface area contributed by atoms with E-state index in [0.717, 1.165) is 24.8 Å². The molecule has 0 aromatic heterocycles. The standard InChI is InChI=1S/C17H21NO3/c1-2-17-9-6-10-18(14(17)11-15(17)19)16(20)21-12-13-7-4-3-5-8-13/h3-5,7-8,14H,2,6,9-12H2,1H3. The highest BCUT2D eigenvalue weighted by Gasteiger charge is 2.58. The van der Waals surface area contributed by atoms with Crippen molar-refractivity contribution in [3.63, 3.8) is 0 Å². The Morgan fingerprint density at radius 3 is 2.81 bits per heavy atom.